The van der Waals surface area contributed by atoms with Gasteiger partial charge in [-0.25, -0.2) is 0 Å². The number of alkyl halides is 3. The molecule has 0 fully saturated rings. The molecule has 0 N–H and O–H groups in total. The number of hydrogen-bond donors (Lipinski definition) is 0. The van der Waals surface area contributed by atoms with Crippen LogP contribution in [0.1, 0.15) is 58.2 Å². The van der Waals surface area contributed by atoms with Crippen molar-refractivity contribution in [3.05, 3.63) is 73.3 Å². The zero-order valence-corrected chi connectivity index (χ0v) is 25.6. The summed E-state index contributed by atoms with van der Waals surface area (Å²) in [7, 11) is -7.49. The van der Waals surface area contributed by atoms with Crippen LogP contribution in [0.15, 0.2) is 36.4 Å². The van der Waals surface area contributed by atoms with E-state index in [2.05, 4.69) is 35.3 Å². The van der Waals surface area contributed by atoms with E-state index < -0.39 is 45.5 Å². The van der Waals surface area contributed by atoms with Crippen molar-refractivity contribution < 1.29 is 35.6 Å². The Morgan fingerprint density at radius 3 is 1.60 bits per heavy atom. The third-order valence-corrected chi connectivity index (χ3v) is 6.98. The summed E-state index contributed by atoms with van der Waals surface area (Å²) in [6.45, 7) is 17.7. The standard InChI is InChI=1S/C15H21NO2Si.C11H12F3NO5S/c1-15(2,3)13-8-7-12(9-10-19(4,5)6)14(11-13)16(17)18;1-10(2,3)7-4-5-9(8(6-7)15(16)17)20-21(18,19)11(12,13)14/h7-8,11H,1-6H3;4-6H,1-3H3. The Hall–Kier alpha value is -3.44. The van der Waals surface area contributed by atoms with Gasteiger partial charge >= 0.3 is 21.3 Å². The molecule has 0 bridgehead atoms. The van der Waals surface area contributed by atoms with Gasteiger partial charge in [0.2, 0.25) is 5.75 Å². The number of nitrogens with zero attached hydrogens (tertiary/aromatic N) is 2. The maximum atomic E-state index is 12.2. The van der Waals surface area contributed by atoms with Gasteiger partial charge < -0.3 is 4.18 Å². The van der Waals surface area contributed by atoms with Crippen LogP contribution in [0.2, 0.25) is 19.6 Å². The molecule has 0 spiro atoms. The highest BCUT2D eigenvalue weighted by Gasteiger charge is 2.49. The molecule has 2 aromatic carbocycles. The fraction of sp³-hybridized carbons (Fsp3) is 0.462. The molecule has 14 heteroatoms. The highest BCUT2D eigenvalue weighted by Crippen LogP contribution is 2.36. The molecule has 2 aromatic rings. The quantitative estimate of drug-likeness (QED) is 0.0900. The lowest BCUT2D eigenvalue weighted by molar-refractivity contribution is -0.385. The molecule has 220 valence electrons. The lowest BCUT2D eigenvalue weighted by Crippen LogP contribution is -2.28. The van der Waals surface area contributed by atoms with Gasteiger partial charge in [0.1, 0.15) is 13.6 Å². The zero-order valence-electron chi connectivity index (χ0n) is 23.8. The molecule has 0 saturated carbocycles. The molecule has 40 heavy (non-hydrogen) atoms. The summed E-state index contributed by atoms with van der Waals surface area (Å²) < 4.78 is 62.4. The van der Waals surface area contributed by atoms with Crippen molar-refractivity contribution in [2.45, 2.75) is 77.5 Å². The predicted molar refractivity (Wildman–Crippen MR) is 149 cm³/mol. The molecule has 0 aliphatic rings. The van der Waals surface area contributed by atoms with Crippen LogP contribution >= 0.6 is 0 Å². The van der Waals surface area contributed by atoms with E-state index in [0.717, 1.165) is 17.7 Å². The maximum Gasteiger partial charge on any atom is 0.534 e. The zero-order chi connectivity index (χ0) is 31.5. The van der Waals surface area contributed by atoms with Crippen LogP contribution in [0.5, 0.6) is 5.75 Å². The van der Waals surface area contributed by atoms with Crippen LogP contribution in [0, 0.1) is 31.7 Å². The normalized spacial score (nSPS) is 12.4. The molecule has 0 aromatic heterocycles. The Labute approximate surface area is 233 Å². The van der Waals surface area contributed by atoms with E-state index in [9.17, 15) is 41.8 Å². The van der Waals surface area contributed by atoms with Crippen molar-refractivity contribution in [2.75, 3.05) is 0 Å². The van der Waals surface area contributed by atoms with E-state index in [1.54, 1.807) is 32.9 Å². The molecule has 9 nitrogen and oxygen atoms in total. The number of nitro groups is 2. The fourth-order valence-electron chi connectivity index (χ4n) is 2.87. The number of nitro benzene ring substituents is 2. The summed E-state index contributed by atoms with van der Waals surface area (Å²) in [5, 5.41) is 22.1. The summed E-state index contributed by atoms with van der Waals surface area (Å²) in [5.41, 5.74) is -1.92. The maximum absolute atomic E-state index is 12.2. The lowest BCUT2D eigenvalue weighted by atomic mass is 9.86. The Kier molecular flexibility index (Phi) is 10.4. The molecule has 0 aliphatic heterocycles. The highest BCUT2D eigenvalue weighted by molar-refractivity contribution is 7.88. The van der Waals surface area contributed by atoms with Crippen molar-refractivity contribution in [1.29, 1.82) is 0 Å². The Morgan fingerprint density at radius 2 is 1.23 bits per heavy atom. The van der Waals surface area contributed by atoms with E-state index in [4.69, 9.17) is 0 Å². The van der Waals surface area contributed by atoms with Gasteiger partial charge in [-0.2, -0.15) is 21.6 Å². The van der Waals surface area contributed by atoms with Crippen molar-refractivity contribution >= 4 is 29.6 Å². The molecule has 0 radical (unpaired) electrons. The van der Waals surface area contributed by atoms with Gasteiger partial charge in [0.25, 0.3) is 5.69 Å². The van der Waals surface area contributed by atoms with E-state index >= 15 is 0 Å². The minimum absolute atomic E-state index is 0.102. The fourth-order valence-corrected chi connectivity index (χ4v) is 3.85. The van der Waals surface area contributed by atoms with Crippen LogP contribution in [0.4, 0.5) is 24.5 Å². The second kappa shape index (κ2) is 12.0. The van der Waals surface area contributed by atoms with Crippen LogP contribution in [-0.2, 0) is 20.9 Å². The third-order valence-electron chi connectivity index (χ3n) is 5.14. The van der Waals surface area contributed by atoms with E-state index in [-0.39, 0.29) is 16.0 Å². The van der Waals surface area contributed by atoms with Crippen molar-refractivity contribution in [3.63, 3.8) is 0 Å². The first-order valence-electron chi connectivity index (χ1n) is 11.9. The van der Waals surface area contributed by atoms with Gasteiger partial charge in [-0.1, -0.05) is 79.2 Å². The molecule has 0 unspecified atom stereocenters. The molecule has 0 amide bonds. The average molecular weight is 603 g/mol. The van der Waals surface area contributed by atoms with Crippen LogP contribution in [-0.4, -0.2) is 31.8 Å². The molecule has 2 rings (SSSR count). The number of halogens is 3. The Morgan fingerprint density at radius 1 is 0.800 bits per heavy atom. The Bertz CT molecular complexity index is 1440. The molecule has 0 heterocycles. The molecule has 0 atom stereocenters. The summed E-state index contributed by atoms with van der Waals surface area (Å²) in [6, 6.07) is 8.44. The number of hydrogen-bond acceptors (Lipinski definition) is 7. The van der Waals surface area contributed by atoms with Gasteiger partial charge in [0.05, 0.1) is 9.85 Å². The highest BCUT2D eigenvalue weighted by atomic mass is 32.2. The van der Waals surface area contributed by atoms with E-state index in [1.165, 1.54) is 6.07 Å². The molecular weight excluding hydrogens is 569 g/mol. The first-order chi connectivity index (χ1) is 17.8. The van der Waals surface area contributed by atoms with Crippen molar-refractivity contribution in [2.24, 2.45) is 0 Å². The van der Waals surface area contributed by atoms with E-state index in [0.29, 0.717) is 11.1 Å². The van der Waals surface area contributed by atoms with Gasteiger partial charge in [-0.15, -0.1) is 5.54 Å². The first kappa shape index (κ1) is 34.6. The second-order valence-corrected chi connectivity index (χ2v) is 18.2. The van der Waals surface area contributed by atoms with Gasteiger partial charge in [-0.3, -0.25) is 20.2 Å². The van der Waals surface area contributed by atoms with Crippen molar-refractivity contribution in [3.8, 4) is 17.2 Å². The van der Waals surface area contributed by atoms with Crippen LogP contribution < -0.4 is 4.18 Å². The summed E-state index contributed by atoms with van der Waals surface area (Å²) in [5.74, 6) is 2.00. The second-order valence-electron chi connectivity index (χ2n) is 11.9. The number of rotatable bonds is 4. The van der Waals surface area contributed by atoms with Gasteiger partial charge in [0, 0.05) is 12.1 Å². The summed E-state index contributed by atoms with van der Waals surface area (Å²) >= 11 is 0. The van der Waals surface area contributed by atoms with Crippen LogP contribution in [0.3, 0.4) is 0 Å². The molecular formula is C26H33F3N2O7SSi. The lowest BCUT2D eigenvalue weighted by Gasteiger charge is -2.19. The largest absolute Gasteiger partial charge is 0.534 e. The predicted octanol–water partition coefficient (Wildman–Crippen LogP) is 7.24. The first-order valence-corrected chi connectivity index (χ1v) is 16.8. The third kappa shape index (κ3) is 9.94. The monoisotopic (exact) mass is 602 g/mol. The minimum atomic E-state index is -5.96. The minimum Gasteiger partial charge on any atom is -0.369 e. The van der Waals surface area contributed by atoms with Gasteiger partial charge in [0.15, 0.2) is 0 Å². The van der Waals surface area contributed by atoms with Crippen LogP contribution in [0.25, 0.3) is 0 Å². The van der Waals surface area contributed by atoms with Crippen molar-refractivity contribution in [1.82, 2.24) is 0 Å². The summed E-state index contributed by atoms with van der Waals surface area (Å²) in [4.78, 5) is 20.7. The summed E-state index contributed by atoms with van der Waals surface area (Å²) in [6.07, 6.45) is 0. The SMILES string of the molecule is CC(C)(C)c1ccc(C#C[Si](C)(C)C)c([N+](=O)[O-])c1.CC(C)(C)c1ccc(OS(=O)(=O)C(F)(F)F)c([N+](=O)[O-])c1. The smallest absolute Gasteiger partial charge is 0.369 e. The average Bonchev–Trinajstić information content (AvgIpc) is 2.75. The molecule has 0 saturated heterocycles. The van der Waals surface area contributed by atoms with E-state index in [1.807, 2.05) is 26.8 Å². The topological polar surface area (TPSA) is 130 Å². The number of benzene rings is 2. The molecule has 0 aliphatic carbocycles. The van der Waals surface area contributed by atoms with Gasteiger partial charge in [-0.05, 0) is 34.1 Å². The Balaban J connectivity index is 0.000000402.